The van der Waals surface area contributed by atoms with Crippen LogP contribution in [0.3, 0.4) is 0 Å². The van der Waals surface area contributed by atoms with Gasteiger partial charge in [0.25, 0.3) is 0 Å². The lowest BCUT2D eigenvalue weighted by Gasteiger charge is -2.33. The number of piperidine rings is 1. The van der Waals surface area contributed by atoms with Crippen LogP contribution in [-0.2, 0) is 9.59 Å². The molecule has 0 bridgehead atoms. The SMILES string of the molecule is CN(C(=O)C(Nc1cccc(-c2sc(C(=O)O)c(OCC(=O)O)c2Cl)c1)C1CCNCC1)c1ccccc1. The maximum absolute atomic E-state index is 13.7. The van der Waals surface area contributed by atoms with Crippen LogP contribution in [0.1, 0.15) is 22.5 Å². The highest BCUT2D eigenvalue weighted by Crippen LogP contribution is 2.46. The monoisotopic (exact) mass is 557 g/mol. The molecule has 1 aliphatic rings. The number of halogens is 1. The normalized spacial score (nSPS) is 14.5. The van der Waals surface area contributed by atoms with Crippen molar-refractivity contribution in [1.82, 2.24) is 5.32 Å². The van der Waals surface area contributed by atoms with Gasteiger partial charge in [-0.25, -0.2) is 9.59 Å². The van der Waals surface area contributed by atoms with Crippen molar-refractivity contribution in [3.05, 3.63) is 64.5 Å². The Hall–Kier alpha value is -3.60. The molecule has 4 rings (SSSR count). The standard InChI is InChI=1S/C27H28ClN3O6S/c1-31(19-8-3-2-4-9-19)26(34)22(16-10-12-29-13-11-16)30-18-7-5-6-17(14-18)24-21(28)23(37-15-20(32)33)25(38-24)27(35)36/h2-9,14,16,22,29-30H,10-13,15H2,1H3,(H,32,33)(H,35,36). The molecule has 1 aromatic heterocycles. The second-order valence-corrected chi connectivity index (χ2v) is 10.3. The number of nitrogens with zero attached hydrogens (tertiary/aromatic N) is 1. The summed E-state index contributed by atoms with van der Waals surface area (Å²) in [4.78, 5) is 38.3. The number of likely N-dealkylation sites (N-methyl/N-ethyl adjacent to an activating group) is 1. The number of thiophene rings is 1. The van der Waals surface area contributed by atoms with E-state index in [1.54, 1.807) is 30.1 Å². The van der Waals surface area contributed by atoms with Crippen LogP contribution < -0.4 is 20.3 Å². The third-order valence-corrected chi connectivity index (χ3v) is 8.07. The zero-order valence-electron chi connectivity index (χ0n) is 20.6. The maximum Gasteiger partial charge on any atom is 0.349 e. The molecule has 200 valence electrons. The second-order valence-electron chi connectivity index (χ2n) is 8.91. The van der Waals surface area contributed by atoms with Crippen LogP contribution in [0.25, 0.3) is 10.4 Å². The number of anilines is 2. The highest BCUT2D eigenvalue weighted by atomic mass is 35.5. The molecular formula is C27H28ClN3O6S. The van der Waals surface area contributed by atoms with Gasteiger partial charge in [-0.2, -0.15) is 0 Å². The number of carboxylic acid groups (broad SMARTS) is 2. The van der Waals surface area contributed by atoms with Crippen LogP contribution in [0.4, 0.5) is 11.4 Å². The minimum atomic E-state index is -1.27. The van der Waals surface area contributed by atoms with Gasteiger partial charge < -0.3 is 30.5 Å². The summed E-state index contributed by atoms with van der Waals surface area (Å²) in [6.07, 6.45) is 1.68. The van der Waals surface area contributed by atoms with Crippen molar-refractivity contribution in [3.63, 3.8) is 0 Å². The Morgan fingerprint density at radius 2 is 1.84 bits per heavy atom. The number of carbonyl (C=O) groups is 3. The second kappa shape index (κ2) is 12.3. The molecule has 4 N–H and O–H groups in total. The first-order chi connectivity index (χ1) is 18.3. The lowest BCUT2D eigenvalue weighted by atomic mass is 9.89. The summed E-state index contributed by atoms with van der Waals surface area (Å²) in [6.45, 7) is 0.937. The number of hydrogen-bond acceptors (Lipinski definition) is 7. The molecule has 38 heavy (non-hydrogen) atoms. The van der Waals surface area contributed by atoms with Gasteiger partial charge >= 0.3 is 11.9 Å². The summed E-state index contributed by atoms with van der Waals surface area (Å²) in [5.41, 5.74) is 2.09. The smallest absolute Gasteiger partial charge is 0.349 e. The van der Waals surface area contributed by atoms with E-state index in [1.165, 1.54) is 0 Å². The van der Waals surface area contributed by atoms with Gasteiger partial charge in [0.1, 0.15) is 11.1 Å². The third-order valence-electron chi connectivity index (χ3n) is 6.39. The third kappa shape index (κ3) is 6.27. The van der Waals surface area contributed by atoms with E-state index in [9.17, 15) is 19.5 Å². The van der Waals surface area contributed by atoms with Crippen LogP contribution in [0.2, 0.25) is 5.02 Å². The quantitative estimate of drug-likeness (QED) is 0.283. The average molecular weight is 558 g/mol. The zero-order chi connectivity index (χ0) is 27.2. The Balaban J connectivity index is 1.64. The van der Waals surface area contributed by atoms with Crippen LogP contribution in [-0.4, -0.2) is 60.8 Å². The molecule has 0 spiro atoms. The van der Waals surface area contributed by atoms with Crippen LogP contribution in [0.5, 0.6) is 5.75 Å². The number of para-hydroxylation sites is 1. The minimum absolute atomic E-state index is 0.0283. The summed E-state index contributed by atoms with van der Waals surface area (Å²) in [5.74, 6) is -2.63. The molecule has 2 aromatic carbocycles. The Labute approximate surface area is 229 Å². The molecular weight excluding hydrogens is 530 g/mol. The highest BCUT2D eigenvalue weighted by molar-refractivity contribution is 7.18. The Morgan fingerprint density at radius 3 is 2.50 bits per heavy atom. The number of aliphatic carboxylic acids is 1. The van der Waals surface area contributed by atoms with E-state index in [1.807, 2.05) is 36.4 Å². The summed E-state index contributed by atoms with van der Waals surface area (Å²) in [6, 6.07) is 16.2. The van der Waals surface area contributed by atoms with E-state index in [4.69, 9.17) is 21.4 Å². The molecule has 1 fully saturated rings. The van der Waals surface area contributed by atoms with Crippen molar-refractivity contribution >= 4 is 52.2 Å². The molecule has 3 aromatic rings. The van der Waals surface area contributed by atoms with Gasteiger partial charge in [0.15, 0.2) is 17.2 Å². The van der Waals surface area contributed by atoms with E-state index in [0.717, 1.165) is 43.0 Å². The fraction of sp³-hybridized carbons (Fsp3) is 0.296. The maximum atomic E-state index is 13.7. The van der Waals surface area contributed by atoms with Crippen molar-refractivity contribution < 1.29 is 29.3 Å². The molecule has 0 saturated carbocycles. The van der Waals surface area contributed by atoms with Gasteiger partial charge in [-0.1, -0.05) is 41.9 Å². The fourth-order valence-corrected chi connectivity index (χ4v) is 5.86. The van der Waals surface area contributed by atoms with E-state index in [2.05, 4.69) is 10.6 Å². The highest BCUT2D eigenvalue weighted by Gasteiger charge is 2.32. The number of aromatic carboxylic acids is 1. The number of amides is 1. The molecule has 1 aliphatic heterocycles. The largest absolute Gasteiger partial charge is 0.479 e. The first kappa shape index (κ1) is 27.4. The molecule has 1 unspecified atom stereocenters. The Bertz CT molecular complexity index is 1310. The van der Waals surface area contributed by atoms with Crippen LogP contribution >= 0.6 is 22.9 Å². The number of nitrogens with one attached hydrogen (secondary N) is 2. The molecule has 11 heteroatoms. The molecule has 1 atom stereocenters. The number of carbonyl (C=O) groups excluding carboxylic acids is 1. The Kier molecular flexibility index (Phi) is 8.88. The predicted octanol–water partition coefficient (Wildman–Crippen LogP) is 4.67. The average Bonchev–Trinajstić information content (AvgIpc) is 3.27. The summed E-state index contributed by atoms with van der Waals surface area (Å²) in [7, 11) is 1.77. The number of carboxylic acids is 2. The Morgan fingerprint density at radius 1 is 1.13 bits per heavy atom. The van der Waals surface area contributed by atoms with E-state index < -0.39 is 24.6 Å². The molecule has 0 radical (unpaired) electrons. The molecule has 1 amide bonds. The van der Waals surface area contributed by atoms with Crippen LogP contribution in [0, 0.1) is 5.92 Å². The number of ether oxygens (including phenoxy) is 1. The van der Waals surface area contributed by atoms with E-state index >= 15 is 0 Å². The molecule has 9 nitrogen and oxygen atoms in total. The minimum Gasteiger partial charge on any atom is -0.479 e. The van der Waals surface area contributed by atoms with Gasteiger partial charge in [-0.15, -0.1) is 11.3 Å². The first-order valence-electron chi connectivity index (χ1n) is 12.1. The number of benzene rings is 2. The summed E-state index contributed by atoms with van der Waals surface area (Å²) >= 11 is 7.37. The molecule has 0 aliphatic carbocycles. The summed E-state index contributed by atoms with van der Waals surface area (Å²) < 4.78 is 5.19. The van der Waals surface area contributed by atoms with E-state index in [-0.39, 0.29) is 27.5 Å². The van der Waals surface area contributed by atoms with Gasteiger partial charge in [-0.05, 0) is 61.7 Å². The van der Waals surface area contributed by atoms with Crippen molar-refractivity contribution in [2.45, 2.75) is 18.9 Å². The van der Waals surface area contributed by atoms with Crippen molar-refractivity contribution in [2.75, 3.05) is 37.0 Å². The molecule has 2 heterocycles. The first-order valence-corrected chi connectivity index (χ1v) is 13.3. The lowest BCUT2D eigenvalue weighted by molar-refractivity contribution is -0.139. The lowest BCUT2D eigenvalue weighted by Crippen LogP contribution is -2.48. The molecule has 1 saturated heterocycles. The van der Waals surface area contributed by atoms with Gasteiger partial charge in [0, 0.05) is 18.4 Å². The fourth-order valence-electron chi connectivity index (χ4n) is 4.46. The van der Waals surface area contributed by atoms with Gasteiger partial charge in [0.05, 0.1) is 4.88 Å². The van der Waals surface area contributed by atoms with E-state index in [0.29, 0.717) is 16.1 Å². The van der Waals surface area contributed by atoms with Gasteiger partial charge in [-0.3, -0.25) is 4.79 Å². The van der Waals surface area contributed by atoms with Crippen molar-refractivity contribution in [3.8, 4) is 16.2 Å². The van der Waals surface area contributed by atoms with Crippen molar-refractivity contribution in [2.24, 2.45) is 5.92 Å². The topological polar surface area (TPSA) is 128 Å². The summed E-state index contributed by atoms with van der Waals surface area (Å²) in [5, 5.41) is 25.4. The number of hydrogen-bond donors (Lipinski definition) is 4. The predicted molar refractivity (Wildman–Crippen MR) is 148 cm³/mol. The number of rotatable bonds is 10. The van der Waals surface area contributed by atoms with Crippen LogP contribution in [0.15, 0.2) is 54.6 Å². The zero-order valence-corrected chi connectivity index (χ0v) is 22.2. The van der Waals surface area contributed by atoms with Crippen molar-refractivity contribution in [1.29, 1.82) is 0 Å². The van der Waals surface area contributed by atoms with Gasteiger partial charge in [0.2, 0.25) is 5.91 Å².